The van der Waals surface area contributed by atoms with E-state index in [1.165, 1.54) is 11.3 Å². The van der Waals surface area contributed by atoms with E-state index < -0.39 is 0 Å². The first-order valence-electron chi connectivity index (χ1n) is 8.80. The van der Waals surface area contributed by atoms with Gasteiger partial charge in [-0.15, -0.1) is 11.3 Å². The zero-order valence-corrected chi connectivity index (χ0v) is 16.7. The standard InChI is InChI=1S/C22H18ClN3OS/c1-26-14-13-24-21(26)20(16-5-3-2-4-6-16)25-22(27)19-12-11-18(28-19)15-7-9-17(23)10-8-15/h2-14,20H,1H3,(H,25,27). The van der Waals surface area contributed by atoms with Gasteiger partial charge in [-0.05, 0) is 35.4 Å². The molecule has 6 heteroatoms. The second-order valence-electron chi connectivity index (χ2n) is 6.38. The van der Waals surface area contributed by atoms with Crippen LogP contribution < -0.4 is 5.32 Å². The average Bonchev–Trinajstić information content (AvgIpc) is 3.37. The summed E-state index contributed by atoms with van der Waals surface area (Å²) in [7, 11) is 1.92. The zero-order valence-electron chi connectivity index (χ0n) is 15.2. The first kappa shape index (κ1) is 18.5. The molecule has 0 aliphatic rings. The minimum Gasteiger partial charge on any atom is -0.337 e. The summed E-state index contributed by atoms with van der Waals surface area (Å²) in [6, 6.07) is 21.0. The van der Waals surface area contributed by atoms with Crippen molar-refractivity contribution in [1.29, 1.82) is 0 Å². The number of imidazole rings is 1. The summed E-state index contributed by atoms with van der Waals surface area (Å²) in [4.78, 5) is 19.1. The molecule has 2 aromatic heterocycles. The second-order valence-corrected chi connectivity index (χ2v) is 7.90. The van der Waals surface area contributed by atoms with Gasteiger partial charge in [0.25, 0.3) is 5.91 Å². The molecule has 0 spiro atoms. The monoisotopic (exact) mass is 407 g/mol. The Labute approximate surface area is 172 Å². The van der Waals surface area contributed by atoms with Crippen LogP contribution in [0, 0.1) is 0 Å². The van der Waals surface area contributed by atoms with Crippen LogP contribution in [0.15, 0.2) is 79.1 Å². The molecule has 1 unspecified atom stereocenters. The first-order chi connectivity index (χ1) is 13.6. The van der Waals surface area contributed by atoms with Crippen molar-refractivity contribution >= 4 is 28.8 Å². The Balaban J connectivity index is 1.60. The Bertz CT molecular complexity index is 1090. The predicted molar refractivity (Wildman–Crippen MR) is 114 cm³/mol. The quantitative estimate of drug-likeness (QED) is 0.486. The molecule has 4 aromatic rings. The van der Waals surface area contributed by atoms with E-state index in [4.69, 9.17) is 11.6 Å². The van der Waals surface area contributed by atoms with Crippen molar-refractivity contribution in [1.82, 2.24) is 14.9 Å². The van der Waals surface area contributed by atoms with Crippen molar-refractivity contribution in [2.75, 3.05) is 0 Å². The number of thiophene rings is 1. The van der Waals surface area contributed by atoms with Crippen LogP contribution in [-0.4, -0.2) is 15.5 Å². The maximum Gasteiger partial charge on any atom is 0.262 e. The molecule has 1 amide bonds. The molecular formula is C22H18ClN3OS. The SMILES string of the molecule is Cn1ccnc1C(NC(=O)c1ccc(-c2ccc(Cl)cc2)s1)c1ccccc1. The van der Waals surface area contributed by atoms with E-state index in [0.29, 0.717) is 9.90 Å². The molecule has 2 aromatic carbocycles. The summed E-state index contributed by atoms with van der Waals surface area (Å²) in [6.45, 7) is 0. The van der Waals surface area contributed by atoms with E-state index >= 15 is 0 Å². The molecule has 0 bridgehead atoms. The number of nitrogens with zero attached hydrogens (tertiary/aromatic N) is 2. The number of aromatic nitrogens is 2. The van der Waals surface area contributed by atoms with Crippen molar-refractivity contribution in [3.8, 4) is 10.4 Å². The van der Waals surface area contributed by atoms with Gasteiger partial charge in [0.05, 0.1) is 4.88 Å². The number of hydrogen-bond donors (Lipinski definition) is 1. The largest absolute Gasteiger partial charge is 0.337 e. The summed E-state index contributed by atoms with van der Waals surface area (Å²) >= 11 is 7.42. The van der Waals surface area contributed by atoms with Crippen LogP contribution in [-0.2, 0) is 7.05 Å². The molecule has 0 aliphatic carbocycles. The number of amides is 1. The van der Waals surface area contributed by atoms with Crippen molar-refractivity contribution in [2.45, 2.75) is 6.04 Å². The highest BCUT2D eigenvalue weighted by molar-refractivity contribution is 7.17. The van der Waals surface area contributed by atoms with Crippen molar-refractivity contribution in [2.24, 2.45) is 7.05 Å². The van der Waals surface area contributed by atoms with Gasteiger partial charge < -0.3 is 9.88 Å². The number of aryl methyl sites for hydroxylation is 1. The van der Waals surface area contributed by atoms with E-state index in [-0.39, 0.29) is 11.9 Å². The number of hydrogen-bond acceptors (Lipinski definition) is 3. The number of benzene rings is 2. The van der Waals surface area contributed by atoms with E-state index in [2.05, 4.69) is 10.3 Å². The highest BCUT2D eigenvalue weighted by Crippen LogP contribution is 2.30. The molecule has 0 fully saturated rings. The number of nitrogens with one attached hydrogen (secondary N) is 1. The number of carbonyl (C=O) groups is 1. The predicted octanol–water partition coefficient (Wildman–Crippen LogP) is 5.32. The molecule has 1 atom stereocenters. The summed E-state index contributed by atoms with van der Waals surface area (Å²) in [5.41, 5.74) is 2.02. The Morgan fingerprint density at radius 1 is 1.07 bits per heavy atom. The van der Waals surface area contributed by atoms with Gasteiger partial charge in [0, 0.05) is 29.3 Å². The van der Waals surface area contributed by atoms with E-state index in [1.807, 2.05) is 84.5 Å². The number of rotatable bonds is 5. The van der Waals surface area contributed by atoms with Crippen molar-refractivity contribution in [3.05, 3.63) is 100 Å². The normalized spacial score (nSPS) is 11.9. The summed E-state index contributed by atoms with van der Waals surface area (Å²) in [5, 5.41) is 3.83. The van der Waals surface area contributed by atoms with Gasteiger partial charge in [-0.1, -0.05) is 54.1 Å². The van der Waals surface area contributed by atoms with Crippen LogP contribution in [0.1, 0.15) is 27.1 Å². The number of carbonyl (C=O) groups excluding carboxylic acids is 1. The summed E-state index contributed by atoms with van der Waals surface area (Å²) in [6.07, 6.45) is 3.61. The van der Waals surface area contributed by atoms with Crippen LogP contribution in [0.5, 0.6) is 0 Å². The molecule has 0 aliphatic heterocycles. The Morgan fingerprint density at radius 2 is 1.82 bits per heavy atom. The molecule has 28 heavy (non-hydrogen) atoms. The highest BCUT2D eigenvalue weighted by Gasteiger charge is 2.22. The lowest BCUT2D eigenvalue weighted by atomic mass is 10.1. The molecule has 2 heterocycles. The van der Waals surface area contributed by atoms with E-state index in [9.17, 15) is 4.79 Å². The fraction of sp³-hybridized carbons (Fsp3) is 0.0909. The topological polar surface area (TPSA) is 46.9 Å². The fourth-order valence-electron chi connectivity index (χ4n) is 3.03. The minimum absolute atomic E-state index is 0.123. The molecule has 4 rings (SSSR count). The third-order valence-electron chi connectivity index (χ3n) is 4.48. The molecule has 0 radical (unpaired) electrons. The Kier molecular flexibility index (Phi) is 5.28. The van der Waals surface area contributed by atoms with Gasteiger partial charge in [-0.25, -0.2) is 4.98 Å². The molecule has 1 N–H and O–H groups in total. The average molecular weight is 408 g/mol. The lowest BCUT2D eigenvalue weighted by molar-refractivity contribution is 0.0945. The molecule has 140 valence electrons. The smallest absolute Gasteiger partial charge is 0.262 e. The third kappa shape index (κ3) is 3.86. The minimum atomic E-state index is -0.324. The zero-order chi connectivity index (χ0) is 19.5. The first-order valence-corrected chi connectivity index (χ1v) is 10.00. The van der Waals surface area contributed by atoms with Crippen LogP contribution in [0.25, 0.3) is 10.4 Å². The van der Waals surface area contributed by atoms with Gasteiger partial charge in [0.2, 0.25) is 0 Å². The Hall–Kier alpha value is -2.89. The van der Waals surface area contributed by atoms with E-state index in [1.54, 1.807) is 6.20 Å². The van der Waals surface area contributed by atoms with Crippen molar-refractivity contribution in [3.63, 3.8) is 0 Å². The molecule has 4 nitrogen and oxygen atoms in total. The summed E-state index contributed by atoms with van der Waals surface area (Å²) in [5.74, 6) is 0.663. The molecule has 0 saturated carbocycles. The highest BCUT2D eigenvalue weighted by atomic mass is 35.5. The maximum absolute atomic E-state index is 13.0. The van der Waals surface area contributed by atoms with Gasteiger partial charge >= 0.3 is 0 Å². The van der Waals surface area contributed by atoms with Crippen LogP contribution >= 0.6 is 22.9 Å². The number of halogens is 1. The van der Waals surface area contributed by atoms with E-state index in [0.717, 1.165) is 21.8 Å². The molecular weight excluding hydrogens is 390 g/mol. The molecule has 0 saturated heterocycles. The third-order valence-corrected chi connectivity index (χ3v) is 5.87. The van der Waals surface area contributed by atoms with Gasteiger partial charge in [-0.2, -0.15) is 0 Å². The second kappa shape index (κ2) is 8.00. The van der Waals surface area contributed by atoms with Crippen molar-refractivity contribution < 1.29 is 4.79 Å². The fourth-order valence-corrected chi connectivity index (χ4v) is 4.07. The lowest BCUT2D eigenvalue weighted by Gasteiger charge is -2.18. The maximum atomic E-state index is 13.0. The van der Waals surface area contributed by atoms with Crippen LogP contribution in [0.4, 0.5) is 0 Å². The summed E-state index contributed by atoms with van der Waals surface area (Å²) < 4.78 is 1.92. The lowest BCUT2D eigenvalue weighted by Crippen LogP contribution is -2.30. The van der Waals surface area contributed by atoms with Crippen LogP contribution in [0.3, 0.4) is 0 Å². The van der Waals surface area contributed by atoms with Crippen LogP contribution in [0.2, 0.25) is 5.02 Å². The van der Waals surface area contributed by atoms with Gasteiger partial charge in [-0.3, -0.25) is 4.79 Å². The Morgan fingerprint density at radius 3 is 2.50 bits per heavy atom. The van der Waals surface area contributed by atoms with Gasteiger partial charge in [0.15, 0.2) is 0 Å². The van der Waals surface area contributed by atoms with Gasteiger partial charge in [0.1, 0.15) is 11.9 Å².